The van der Waals surface area contributed by atoms with Crippen molar-refractivity contribution < 1.29 is 0 Å². The Morgan fingerprint density at radius 2 is 1.46 bits per heavy atom. The summed E-state index contributed by atoms with van der Waals surface area (Å²) >= 11 is 0. The second-order valence-electron chi connectivity index (χ2n) is 3.26. The van der Waals surface area contributed by atoms with Crippen molar-refractivity contribution in [3.8, 4) is 0 Å². The first-order chi connectivity index (χ1) is 6.18. The first-order valence-corrected chi connectivity index (χ1v) is 4.42. The van der Waals surface area contributed by atoms with Crippen LogP contribution in [0.2, 0.25) is 0 Å². The number of aryl methyl sites for hydroxylation is 2. The molecule has 67 valence electrons. The van der Waals surface area contributed by atoms with Gasteiger partial charge in [0.2, 0.25) is 0 Å². The monoisotopic (exact) mass is 171 g/mol. The zero-order valence-electron chi connectivity index (χ0n) is 8.25. The Balaban J connectivity index is 3.31. The minimum atomic E-state index is 1.04. The fraction of sp³-hybridized carbons (Fsp3) is 0.154. The van der Waals surface area contributed by atoms with Crippen molar-refractivity contribution in [2.24, 2.45) is 0 Å². The van der Waals surface area contributed by atoms with Crippen molar-refractivity contribution in [2.45, 2.75) is 13.8 Å². The summed E-state index contributed by atoms with van der Waals surface area (Å²) in [6.07, 6.45) is 0. The van der Waals surface area contributed by atoms with Crippen molar-refractivity contribution in [2.75, 3.05) is 0 Å². The highest BCUT2D eigenvalue weighted by molar-refractivity contribution is 5.22. The van der Waals surface area contributed by atoms with Gasteiger partial charge in [0.25, 0.3) is 0 Å². The Morgan fingerprint density at radius 1 is 0.846 bits per heavy atom. The van der Waals surface area contributed by atoms with Crippen molar-refractivity contribution in [3.05, 3.63) is 66.1 Å². The maximum atomic E-state index is 3.94. The quantitative estimate of drug-likeness (QED) is 0.559. The molecule has 0 saturated heterocycles. The van der Waals surface area contributed by atoms with Gasteiger partial charge in [-0.3, -0.25) is 0 Å². The summed E-state index contributed by atoms with van der Waals surface area (Å²) < 4.78 is 0. The van der Waals surface area contributed by atoms with Crippen LogP contribution >= 0.6 is 0 Å². The van der Waals surface area contributed by atoms with Gasteiger partial charge >= 0.3 is 0 Å². The molecule has 0 nitrogen and oxygen atoms in total. The van der Waals surface area contributed by atoms with Crippen LogP contribution in [0.15, 0.2) is 42.5 Å². The summed E-state index contributed by atoms with van der Waals surface area (Å²) in [5.74, 6) is 0. The lowest BCUT2D eigenvalue weighted by Crippen LogP contribution is -1.70. The molecule has 1 aromatic rings. The summed E-state index contributed by atoms with van der Waals surface area (Å²) in [6, 6.07) is 14.4. The zero-order valence-corrected chi connectivity index (χ0v) is 8.25. The van der Waals surface area contributed by atoms with Crippen LogP contribution in [0.5, 0.6) is 0 Å². The van der Waals surface area contributed by atoms with E-state index in [1.54, 1.807) is 0 Å². The molecule has 0 fully saturated rings. The lowest BCUT2D eigenvalue weighted by Gasteiger charge is -1.89. The predicted octanol–water partition coefficient (Wildman–Crippen LogP) is 3.61. The Labute approximate surface area is 80.6 Å². The molecule has 13 heavy (non-hydrogen) atoms. The molecule has 0 saturated carbocycles. The van der Waals surface area contributed by atoms with E-state index in [0.29, 0.717) is 0 Å². The maximum Gasteiger partial charge on any atom is -0.0238 e. The smallest absolute Gasteiger partial charge is 0.0238 e. The molecule has 0 heteroatoms. The van der Waals surface area contributed by atoms with Gasteiger partial charge in [0.15, 0.2) is 0 Å². The Morgan fingerprint density at radius 3 is 2.15 bits per heavy atom. The van der Waals surface area contributed by atoms with Crippen LogP contribution in [-0.4, -0.2) is 0 Å². The van der Waals surface area contributed by atoms with E-state index in [1.165, 1.54) is 11.1 Å². The SMILES string of the molecule is [CH2]c1ccc(C)ccccc(C)c1. The van der Waals surface area contributed by atoms with Crippen LogP contribution in [-0.2, 0) is 0 Å². The summed E-state index contributed by atoms with van der Waals surface area (Å²) in [7, 11) is 0. The van der Waals surface area contributed by atoms with E-state index in [9.17, 15) is 0 Å². The van der Waals surface area contributed by atoms with E-state index >= 15 is 0 Å². The molecular weight excluding hydrogens is 156 g/mol. The Kier molecular flexibility index (Phi) is 3.51. The maximum absolute atomic E-state index is 3.94. The van der Waals surface area contributed by atoms with Crippen LogP contribution in [0.1, 0.15) is 16.7 Å². The lowest BCUT2D eigenvalue weighted by atomic mass is 10.2. The van der Waals surface area contributed by atoms with Gasteiger partial charge in [-0.25, -0.2) is 0 Å². The highest BCUT2D eigenvalue weighted by Crippen LogP contribution is 1.99. The molecule has 1 aromatic carbocycles. The van der Waals surface area contributed by atoms with Gasteiger partial charge in [-0.05, 0) is 26.3 Å². The fourth-order valence-electron chi connectivity index (χ4n) is 1.10. The summed E-state index contributed by atoms with van der Waals surface area (Å²) in [4.78, 5) is 0. The average Bonchev–Trinajstić information content (AvgIpc) is 2.08. The molecule has 0 amide bonds. The van der Waals surface area contributed by atoms with Crippen LogP contribution in [0.4, 0.5) is 0 Å². The Hall–Kier alpha value is -1.30. The summed E-state index contributed by atoms with van der Waals surface area (Å²) in [5.41, 5.74) is 3.49. The third-order valence-electron chi connectivity index (χ3n) is 1.80. The van der Waals surface area contributed by atoms with Gasteiger partial charge in [-0.1, -0.05) is 53.6 Å². The van der Waals surface area contributed by atoms with Gasteiger partial charge in [0.05, 0.1) is 0 Å². The molecule has 1 radical (unpaired) electrons. The van der Waals surface area contributed by atoms with Crippen molar-refractivity contribution in [3.63, 3.8) is 0 Å². The van der Waals surface area contributed by atoms with Crippen LogP contribution in [0, 0.1) is 20.8 Å². The highest BCUT2D eigenvalue weighted by atomic mass is 13.9. The first-order valence-electron chi connectivity index (χ1n) is 4.42. The van der Waals surface area contributed by atoms with Crippen LogP contribution in [0.25, 0.3) is 0 Å². The second kappa shape index (κ2) is 4.66. The topological polar surface area (TPSA) is 0 Å². The van der Waals surface area contributed by atoms with Crippen molar-refractivity contribution in [1.29, 1.82) is 0 Å². The summed E-state index contributed by atoms with van der Waals surface area (Å²) in [6.45, 7) is 8.09. The molecule has 0 spiro atoms. The van der Waals surface area contributed by atoms with E-state index in [0.717, 1.165) is 5.56 Å². The predicted molar refractivity (Wildman–Crippen MR) is 58.0 cm³/mol. The van der Waals surface area contributed by atoms with Gasteiger partial charge in [0, 0.05) is 0 Å². The first kappa shape index (κ1) is 9.79. The minimum absolute atomic E-state index is 1.04. The van der Waals surface area contributed by atoms with Crippen molar-refractivity contribution >= 4 is 0 Å². The van der Waals surface area contributed by atoms with E-state index in [1.807, 2.05) is 18.2 Å². The minimum Gasteiger partial charge on any atom is -0.0620 e. The van der Waals surface area contributed by atoms with E-state index in [4.69, 9.17) is 0 Å². The lowest BCUT2D eigenvalue weighted by molar-refractivity contribution is 1.44. The third kappa shape index (κ3) is 3.75. The average molecular weight is 171 g/mol. The van der Waals surface area contributed by atoms with Gasteiger partial charge in [-0.2, -0.15) is 0 Å². The van der Waals surface area contributed by atoms with E-state index in [-0.39, 0.29) is 0 Å². The molecule has 0 aromatic heterocycles. The molecule has 0 bridgehead atoms. The summed E-state index contributed by atoms with van der Waals surface area (Å²) in [5, 5.41) is 0. The third-order valence-corrected chi connectivity index (χ3v) is 1.80. The van der Waals surface area contributed by atoms with Crippen LogP contribution in [0.3, 0.4) is 0 Å². The highest BCUT2D eigenvalue weighted by Gasteiger charge is 1.80. The Bertz CT molecular complexity index is 336. The number of hydrogen-bond acceptors (Lipinski definition) is 0. The molecular formula is C13H15. The standard InChI is InChI=1S/C13H15/c1-11-6-4-5-7-12(2)10-13(3)9-8-11/h4-10H,3H2,1-2H3. The molecule has 0 aliphatic rings. The number of rotatable bonds is 0. The fourth-order valence-corrected chi connectivity index (χ4v) is 1.10. The van der Waals surface area contributed by atoms with E-state index < -0.39 is 0 Å². The van der Waals surface area contributed by atoms with Crippen LogP contribution < -0.4 is 0 Å². The number of hydrogen-bond donors (Lipinski definition) is 0. The van der Waals surface area contributed by atoms with E-state index in [2.05, 4.69) is 45.0 Å². The molecule has 1 rings (SSSR count). The largest absolute Gasteiger partial charge is 0.0620 e. The molecule has 0 aliphatic heterocycles. The van der Waals surface area contributed by atoms with Gasteiger partial charge in [-0.15, -0.1) is 0 Å². The van der Waals surface area contributed by atoms with Gasteiger partial charge in [0.1, 0.15) is 0 Å². The van der Waals surface area contributed by atoms with Gasteiger partial charge < -0.3 is 0 Å². The zero-order chi connectivity index (χ0) is 9.68. The second-order valence-corrected chi connectivity index (χ2v) is 3.26. The molecule has 0 aliphatic carbocycles. The molecule has 0 heterocycles. The molecule has 0 unspecified atom stereocenters. The molecule has 0 N–H and O–H groups in total. The van der Waals surface area contributed by atoms with Crippen molar-refractivity contribution in [1.82, 2.24) is 0 Å². The normalized spacial score (nSPS) is 9.15. The molecule has 0 atom stereocenters.